The van der Waals surface area contributed by atoms with Crippen molar-refractivity contribution in [1.82, 2.24) is 9.78 Å². The molecule has 6 heteroatoms. The second kappa shape index (κ2) is 7.36. The highest BCUT2D eigenvalue weighted by molar-refractivity contribution is 6.31. The molecular weight excluding hydrogens is 376 g/mol. The number of hydrogen-bond acceptors (Lipinski definition) is 4. The number of carbonyl (C=O) groups is 2. The Bertz CT molecular complexity index is 871. The van der Waals surface area contributed by atoms with Crippen LogP contribution in [0.1, 0.15) is 44.1 Å². The summed E-state index contributed by atoms with van der Waals surface area (Å²) >= 11 is 6.00. The predicted octanol–water partition coefficient (Wildman–Crippen LogP) is 4.40. The molecule has 0 saturated heterocycles. The van der Waals surface area contributed by atoms with Crippen LogP contribution in [-0.2, 0) is 16.1 Å². The third-order valence-corrected chi connectivity index (χ3v) is 6.61. The van der Waals surface area contributed by atoms with Gasteiger partial charge >= 0.3 is 0 Å². The van der Waals surface area contributed by atoms with Crippen LogP contribution in [-0.4, -0.2) is 28.0 Å². The molecule has 0 atom stereocenters. The molecule has 3 aliphatic rings. The van der Waals surface area contributed by atoms with Crippen LogP contribution >= 0.6 is 11.6 Å². The van der Waals surface area contributed by atoms with Gasteiger partial charge in [0.05, 0.1) is 0 Å². The first-order valence-corrected chi connectivity index (χ1v) is 10.2. The van der Waals surface area contributed by atoms with E-state index in [9.17, 15) is 9.59 Å². The van der Waals surface area contributed by atoms with Crippen molar-refractivity contribution in [2.45, 2.75) is 52.0 Å². The molecule has 1 heterocycles. The first kappa shape index (κ1) is 19.2. The molecule has 148 valence electrons. The fourth-order valence-electron chi connectivity index (χ4n) is 4.92. The van der Waals surface area contributed by atoms with E-state index in [-0.39, 0.29) is 23.2 Å². The molecule has 3 fully saturated rings. The Morgan fingerprint density at radius 2 is 2.07 bits per heavy atom. The molecule has 5 rings (SSSR count). The minimum atomic E-state index is -0.140. The third kappa shape index (κ3) is 3.72. The number of carbonyl (C=O) groups excluding carboxylic acids is 2. The number of aryl methyl sites for hydroxylation is 2. The number of ether oxygens (including phenoxy) is 1. The molecular formula is C22H25ClN2O3. The van der Waals surface area contributed by atoms with Gasteiger partial charge in [-0.3, -0.25) is 14.3 Å². The number of aromatic nitrogens is 2. The Balaban J connectivity index is 1.18. The van der Waals surface area contributed by atoms with Gasteiger partial charge in [0.25, 0.3) is 0 Å². The molecule has 0 amide bonds. The average Bonchev–Trinajstić information content (AvgIpc) is 3.11. The Morgan fingerprint density at radius 3 is 2.75 bits per heavy atom. The molecule has 3 aliphatic carbocycles. The number of hydrogen-bond donors (Lipinski definition) is 0. The normalized spacial score (nSPS) is 24.9. The molecule has 1 aromatic carbocycles. The van der Waals surface area contributed by atoms with E-state index >= 15 is 0 Å². The molecule has 0 spiro atoms. The molecule has 0 unspecified atom stereocenters. The van der Waals surface area contributed by atoms with Crippen LogP contribution in [0, 0.1) is 17.8 Å². The maximum Gasteiger partial charge on any atom is 0.170 e. The largest absolute Gasteiger partial charge is 0.486 e. The Kier molecular flexibility index (Phi) is 5.04. The smallest absolute Gasteiger partial charge is 0.170 e. The molecule has 28 heavy (non-hydrogen) atoms. The Labute approximate surface area is 170 Å². The van der Waals surface area contributed by atoms with E-state index < -0.39 is 0 Å². The van der Waals surface area contributed by atoms with E-state index in [1.54, 1.807) is 18.3 Å². The zero-order chi connectivity index (χ0) is 19.8. The standard InChI is InChI=1S/C22H25ClN2O3/c1-16-10-18(5-6-19(16)23)28-12-17(26)11-21-13-22(14-21,15-21)20(27)4-2-8-25-9-3-7-24-25/h3,5-7,9-10H,2,4,8,11-15H2,1H3. The van der Waals surface area contributed by atoms with Crippen LogP contribution < -0.4 is 4.74 Å². The van der Waals surface area contributed by atoms with Crippen molar-refractivity contribution < 1.29 is 14.3 Å². The van der Waals surface area contributed by atoms with Gasteiger partial charge in [-0.15, -0.1) is 0 Å². The van der Waals surface area contributed by atoms with Crippen LogP contribution in [0.3, 0.4) is 0 Å². The van der Waals surface area contributed by atoms with E-state index in [0.717, 1.165) is 37.8 Å². The second-order valence-corrected chi connectivity index (χ2v) is 8.93. The average molecular weight is 401 g/mol. The van der Waals surface area contributed by atoms with Crippen molar-refractivity contribution in [1.29, 1.82) is 0 Å². The summed E-state index contributed by atoms with van der Waals surface area (Å²) in [4.78, 5) is 24.9. The van der Waals surface area contributed by atoms with Crippen LogP contribution in [0.4, 0.5) is 0 Å². The van der Waals surface area contributed by atoms with Gasteiger partial charge < -0.3 is 4.74 Å². The summed E-state index contributed by atoms with van der Waals surface area (Å²) in [6.45, 7) is 2.76. The number of nitrogens with zero attached hydrogens (tertiary/aromatic N) is 2. The molecule has 2 aromatic rings. The third-order valence-electron chi connectivity index (χ3n) is 6.18. The van der Waals surface area contributed by atoms with E-state index in [2.05, 4.69) is 5.10 Å². The van der Waals surface area contributed by atoms with Crippen molar-refractivity contribution in [2.75, 3.05) is 6.61 Å². The van der Waals surface area contributed by atoms with Gasteiger partial charge in [-0.25, -0.2) is 0 Å². The number of halogens is 1. The van der Waals surface area contributed by atoms with Gasteiger partial charge in [-0.1, -0.05) is 11.6 Å². The van der Waals surface area contributed by atoms with Gasteiger partial charge in [0.15, 0.2) is 5.78 Å². The maximum atomic E-state index is 12.6. The minimum Gasteiger partial charge on any atom is -0.486 e. The zero-order valence-electron chi connectivity index (χ0n) is 16.1. The maximum absolute atomic E-state index is 12.6. The predicted molar refractivity (Wildman–Crippen MR) is 106 cm³/mol. The van der Waals surface area contributed by atoms with Crippen molar-refractivity contribution in [3.8, 4) is 5.75 Å². The van der Waals surface area contributed by atoms with Gasteiger partial charge in [-0.2, -0.15) is 5.10 Å². The van der Waals surface area contributed by atoms with E-state index in [1.165, 1.54) is 0 Å². The van der Waals surface area contributed by atoms with E-state index in [4.69, 9.17) is 16.3 Å². The highest BCUT2D eigenvalue weighted by Gasteiger charge is 2.70. The molecule has 0 radical (unpaired) electrons. The Hall–Kier alpha value is -2.14. The lowest BCUT2D eigenvalue weighted by molar-refractivity contribution is -0.208. The lowest BCUT2D eigenvalue weighted by Crippen LogP contribution is -2.65. The molecule has 2 bridgehead atoms. The quantitative estimate of drug-likeness (QED) is 0.593. The zero-order valence-corrected chi connectivity index (χ0v) is 16.9. The summed E-state index contributed by atoms with van der Waals surface area (Å²) in [5.74, 6) is 1.13. The second-order valence-electron chi connectivity index (χ2n) is 8.52. The fourth-order valence-corrected chi connectivity index (χ4v) is 5.04. The van der Waals surface area contributed by atoms with Crippen molar-refractivity contribution in [3.05, 3.63) is 47.2 Å². The molecule has 5 nitrogen and oxygen atoms in total. The van der Waals surface area contributed by atoms with Crippen molar-refractivity contribution >= 4 is 23.2 Å². The fraction of sp³-hybridized carbons (Fsp3) is 0.500. The number of ketones is 2. The number of rotatable bonds is 10. The van der Waals surface area contributed by atoms with Crippen LogP contribution in [0.5, 0.6) is 5.75 Å². The van der Waals surface area contributed by atoms with Gasteiger partial charge in [-0.05, 0) is 67.9 Å². The summed E-state index contributed by atoms with van der Waals surface area (Å²) in [5, 5.41) is 4.85. The SMILES string of the molecule is Cc1cc(OCC(=O)CC23CC(C(=O)CCCn4cccn4)(C2)C3)ccc1Cl. The monoisotopic (exact) mass is 400 g/mol. The van der Waals surface area contributed by atoms with E-state index in [1.807, 2.05) is 29.9 Å². The van der Waals surface area contributed by atoms with E-state index in [0.29, 0.717) is 29.4 Å². The minimum absolute atomic E-state index is 0.0496. The first-order chi connectivity index (χ1) is 13.4. The van der Waals surface area contributed by atoms with Crippen molar-refractivity contribution in [3.63, 3.8) is 0 Å². The van der Waals surface area contributed by atoms with Gasteiger partial charge in [0.1, 0.15) is 18.1 Å². The summed E-state index contributed by atoms with van der Waals surface area (Å²) in [5.41, 5.74) is 0.839. The summed E-state index contributed by atoms with van der Waals surface area (Å²) in [6.07, 6.45) is 8.21. The van der Waals surface area contributed by atoms with Crippen LogP contribution in [0.25, 0.3) is 0 Å². The summed E-state index contributed by atoms with van der Waals surface area (Å²) < 4.78 is 7.47. The highest BCUT2D eigenvalue weighted by atomic mass is 35.5. The molecule has 3 saturated carbocycles. The lowest BCUT2D eigenvalue weighted by atomic mass is 9.33. The molecule has 0 aliphatic heterocycles. The van der Waals surface area contributed by atoms with Crippen LogP contribution in [0.15, 0.2) is 36.7 Å². The summed E-state index contributed by atoms with van der Waals surface area (Å²) in [6, 6.07) is 7.29. The topological polar surface area (TPSA) is 61.2 Å². The highest BCUT2D eigenvalue weighted by Crippen LogP contribution is 2.75. The number of benzene rings is 1. The Morgan fingerprint density at radius 1 is 1.29 bits per heavy atom. The van der Waals surface area contributed by atoms with Gasteiger partial charge in [0.2, 0.25) is 0 Å². The first-order valence-electron chi connectivity index (χ1n) is 9.81. The molecule has 1 aromatic heterocycles. The molecule has 0 N–H and O–H groups in total. The van der Waals surface area contributed by atoms with Crippen molar-refractivity contribution in [2.24, 2.45) is 10.8 Å². The lowest BCUT2D eigenvalue weighted by Gasteiger charge is -2.70. The van der Waals surface area contributed by atoms with Crippen LogP contribution in [0.2, 0.25) is 5.02 Å². The number of Topliss-reactive ketones (excluding diaryl/α,β-unsaturated/α-hetero) is 2. The van der Waals surface area contributed by atoms with Gasteiger partial charge in [0, 0.05) is 42.2 Å². The summed E-state index contributed by atoms with van der Waals surface area (Å²) in [7, 11) is 0.